The maximum Gasteiger partial charge on any atom is 0.224 e. The van der Waals surface area contributed by atoms with Crippen molar-refractivity contribution in [2.75, 3.05) is 27.3 Å². The summed E-state index contributed by atoms with van der Waals surface area (Å²) in [4.78, 5) is 25.9. The van der Waals surface area contributed by atoms with Gasteiger partial charge in [0.25, 0.3) is 0 Å². The molecule has 0 spiro atoms. The van der Waals surface area contributed by atoms with Crippen LogP contribution in [-0.4, -0.2) is 50.1 Å². The van der Waals surface area contributed by atoms with Gasteiger partial charge in [-0.2, -0.15) is 0 Å². The van der Waals surface area contributed by atoms with Gasteiger partial charge in [-0.1, -0.05) is 18.9 Å². The topological polar surface area (TPSA) is 67.9 Å². The molecule has 0 saturated heterocycles. The average Bonchev–Trinajstić information content (AvgIpc) is 3.12. The summed E-state index contributed by atoms with van der Waals surface area (Å²) in [5, 5.41) is 2.90. The minimum absolute atomic E-state index is 0.0675. The van der Waals surface area contributed by atoms with Gasteiger partial charge < -0.3 is 19.7 Å². The Morgan fingerprint density at radius 2 is 1.84 bits per heavy atom. The van der Waals surface area contributed by atoms with Crippen LogP contribution >= 0.6 is 0 Å². The summed E-state index contributed by atoms with van der Waals surface area (Å²) in [5.41, 5.74) is 0.856. The highest BCUT2D eigenvalue weighted by atomic mass is 16.5. The molecule has 0 unspecified atom stereocenters. The summed E-state index contributed by atoms with van der Waals surface area (Å²) in [6.07, 6.45) is 4.77. The van der Waals surface area contributed by atoms with Gasteiger partial charge in [-0.3, -0.25) is 9.59 Å². The van der Waals surface area contributed by atoms with Crippen molar-refractivity contribution < 1.29 is 19.1 Å². The second kappa shape index (κ2) is 9.30. The van der Waals surface area contributed by atoms with E-state index in [0.29, 0.717) is 30.6 Å². The van der Waals surface area contributed by atoms with Crippen LogP contribution in [0.5, 0.6) is 11.5 Å². The molecule has 6 nitrogen and oxygen atoms in total. The monoisotopic (exact) mass is 348 g/mol. The number of carbonyl (C=O) groups excluding carboxylic acids is 2. The van der Waals surface area contributed by atoms with Gasteiger partial charge in [-0.05, 0) is 30.5 Å². The van der Waals surface area contributed by atoms with Crippen LogP contribution < -0.4 is 14.8 Å². The number of hydrogen-bond donors (Lipinski definition) is 1. The molecule has 1 saturated carbocycles. The second-order valence-corrected chi connectivity index (χ2v) is 6.37. The molecule has 6 heteroatoms. The summed E-state index contributed by atoms with van der Waals surface area (Å²) in [7, 11) is 3.15. The first-order valence-corrected chi connectivity index (χ1v) is 8.80. The van der Waals surface area contributed by atoms with E-state index in [1.165, 1.54) is 12.8 Å². The second-order valence-electron chi connectivity index (χ2n) is 6.37. The van der Waals surface area contributed by atoms with Gasteiger partial charge in [0.1, 0.15) is 0 Å². The lowest BCUT2D eigenvalue weighted by Gasteiger charge is -2.27. The quantitative estimate of drug-likeness (QED) is 0.782. The van der Waals surface area contributed by atoms with E-state index in [9.17, 15) is 9.59 Å². The molecule has 25 heavy (non-hydrogen) atoms. The van der Waals surface area contributed by atoms with Crippen LogP contribution in [0.4, 0.5) is 0 Å². The zero-order valence-electron chi connectivity index (χ0n) is 15.3. The third-order valence-corrected chi connectivity index (χ3v) is 4.66. The lowest BCUT2D eigenvalue weighted by atomic mass is 10.1. The number of methoxy groups -OCH3 is 2. The van der Waals surface area contributed by atoms with Gasteiger partial charge in [-0.15, -0.1) is 0 Å². The number of hydrogen-bond acceptors (Lipinski definition) is 4. The van der Waals surface area contributed by atoms with E-state index >= 15 is 0 Å². The summed E-state index contributed by atoms with van der Waals surface area (Å²) in [6.45, 7) is 2.64. The lowest BCUT2D eigenvalue weighted by molar-refractivity contribution is -0.131. The first kappa shape index (κ1) is 19.1. The van der Waals surface area contributed by atoms with Crippen molar-refractivity contribution >= 4 is 11.8 Å². The van der Waals surface area contributed by atoms with E-state index in [4.69, 9.17) is 9.47 Å². The Morgan fingerprint density at radius 3 is 2.44 bits per heavy atom. The third-order valence-electron chi connectivity index (χ3n) is 4.66. The lowest BCUT2D eigenvalue weighted by Crippen LogP contribution is -2.42. The molecule has 1 aromatic rings. The van der Waals surface area contributed by atoms with Gasteiger partial charge in [0, 0.05) is 26.1 Å². The minimum atomic E-state index is -0.0675. The molecular formula is C19H28N2O4. The Labute approximate surface area is 149 Å². The zero-order chi connectivity index (χ0) is 18.2. The zero-order valence-corrected chi connectivity index (χ0v) is 15.3. The standard InChI is InChI=1S/C19H28N2O4/c1-14(22)21(16-6-4-5-7-16)11-10-20-19(23)13-15-8-9-17(24-2)18(12-15)25-3/h8-9,12,16H,4-7,10-11,13H2,1-3H3,(H,20,23). The molecule has 1 fully saturated rings. The largest absolute Gasteiger partial charge is 0.493 e. The van der Waals surface area contributed by atoms with Crippen LogP contribution in [0, 0.1) is 0 Å². The molecule has 0 heterocycles. The molecule has 0 radical (unpaired) electrons. The van der Waals surface area contributed by atoms with E-state index in [0.717, 1.165) is 18.4 Å². The Balaban J connectivity index is 1.82. The highest BCUT2D eigenvalue weighted by molar-refractivity contribution is 5.79. The van der Waals surface area contributed by atoms with Gasteiger partial charge in [0.2, 0.25) is 11.8 Å². The van der Waals surface area contributed by atoms with Crippen molar-refractivity contribution in [2.45, 2.75) is 45.1 Å². The Kier molecular flexibility index (Phi) is 7.10. The van der Waals surface area contributed by atoms with Crippen molar-refractivity contribution in [3.63, 3.8) is 0 Å². The van der Waals surface area contributed by atoms with E-state index in [-0.39, 0.29) is 18.2 Å². The SMILES string of the molecule is COc1ccc(CC(=O)NCCN(C(C)=O)C2CCCC2)cc1OC. The molecule has 0 atom stereocenters. The molecule has 1 aliphatic rings. The normalized spacial score (nSPS) is 14.2. The van der Waals surface area contributed by atoms with Crippen molar-refractivity contribution in [3.8, 4) is 11.5 Å². The summed E-state index contributed by atoms with van der Waals surface area (Å²) >= 11 is 0. The molecule has 2 amide bonds. The Bertz CT molecular complexity index is 597. The highest BCUT2D eigenvalue weighted by Crippen LogP contribution is 2.27. The number of nitrogens with zero attached hydrogens (tertiary/aromatic N) is 1. The van der Waals surface area contributed by atoms with Gasteiger partial charge in [-0.25, -0.2) is 0 Å². The highest BCUT2D eigenvalue weighted by Gasteiger charge is 2.24. The maximum atomic E-state index is 12.2. The van der Waals surface area contributed by atoms with E-state index in [1.807, 2.05) is 11.0 Å². The predicted octanol–water partition coefficient (Wildman–Crippen LogP) is 2.15. The van der Waals surface area contributed by atoms with E-state index in [2.05, 4.69) is 5.32 Å². The van der Waals surface area contributed by atoms with Crippen molar-refractivity contribution in [2.24, 2.45) is 0 Å². The van der Waals surface area contributed by atoms with Crippen LogP contribution in [0.25, 0.3) is 0 Å². The van der Waals surface area contributed by atoms with Crippen molar-refractivity contribution in [1.82, 2.24) is 10.2 Å². The maximum absolute atomic E-state index is 12.2. The molecular weight excluding hydrogens is 320 g/mol. The predicted molar refractivity (Wildman–Crippen MR) is 95.9 cm³/mol. The number of rotatable bonds is 8. The molecule has 138 valence electrons. The average molecular weight is 348 g/mol. The molecule has 1 N–H and O–H groups in total. The molecule has 0 aromatic heterocycles. The van der Waals surface area contributed by atoms with E-state index < -0.39 is 0 Å². The molecule has 0 aliphatic heterocycles. The fourth-order valence-corrected chi connectivity index (χ4v) is 3.37. The fraction of sp³-hybridized carbons (Fsp3) is 0.579. The van der Waals surface area contributed by atoms with Crippen LogP contribution in [0.2, 0.25) is 0 Å². The number of amides is 2. The summed E-state index contributed by atoms with van der Waals surface area (Å²) in [5.74, 6) is 1.26. The number of benzene rings is 1. The number of carbonyl (C=O) groups is 2. The molecule has 0 bridgehead atoms. The van der Waals surface area contributed by atoms with Gasteiger partial charge in [0.05, 0.1) is 20.6 Å². The number of nitrogens with one attached hydrogen (secondary N) is 1. The minimum Gasteiger partial charge on any atom is -0.493 e. The van der Waals surface area contributed by atoms with Gasteiger partial charge in [0.15, 0.2) is 11.5 Å². The third kappa shape index (κ3) is 5.37. The van der Waals surface area contributed by atoms with Crippen LogP contribution in [0.1, 0.15) is 38.2 Å². The molecule has 1 aromatic carbocycles. The number of ether oxygens (including phenoxy) is 2. The van der Waals surface area contributed by atoms with Gasteiger partial charge >= 0.3 is 0 Å². The van der Waals surface area contributed by atoms with Crippen molar-refractivity contribution in [3.05, 3.63) is 23.8 Å². The van der Waals surface area contributed by atoms with E-state index in [1.54, 1.807) is 33.3 Å². The molecule has 2 rings (SSSR count). The van der Waals surface area contributed by atoms with Crippen molar-refractivity contribution in [1.29, 1.82) is 0 Å². The fourth-order valence-electron chi connectivity index (χ4n) is 3.37. The van der Waals surface area contributed by atoms with Crippen LogP contribution in [-0.2, 0) is 16.0 Å². The molecule has 1 aliphatic carbocycles. The first-order valence-electron chi connectivity index (χ1n) is 8.80. The van der Waals surface area contributed by atoms with Crippen LogP contribution in [0.3, 0.4) is 0 Å². The smallest absolute Gasteiger partial charge is 0.224 e. The Hall–Kier alpha value is -2.24. The summed E-state index contributed by atoms with van der Waals surface area (Å²) < 4.78 is 10.4. The summed E-state index contributed by atoms with van der Waals surface area (Å²) in [6, 6.07) is 5.78. The Morgan fingerprint density at radius 1 is 1.16 bits per heavy atom. The van der Waals surface area contributed by atoms with Crippen LogP contribution in [0.15, 0.2) is 18.2 Å². The first-order chi connectivity index (χ1) is 12.0.